The lowest BCUT2D eigenvalue weighted by Gasteiger charge is -2.36. The normalized spacial score (nSPS) is 18.1. The zero-order valence-corrected chi connectivity index (χ0v) is 35.6. The first kappa shape index (κ1) is 48.9. The van der Waals surface area contributed by atoms with Gasteiger partial charge in [-0.25, -0.2) is 0 Å². The van der Waals surface area contributed by atoms with Crippen molar-refractivity contribution in [1.29, 1.82) is 0 Å². The summed E-state index contributed by atoms with van der Waals surface area (Å²) in [5, 5.41) is 9.54. The zero-order valence-electron chi connectivity index (χ0n) is 35.6. The zero-order chi connectivity index (χ0) is 36.9. The quantitative estimate of drug-likeness (QED) is 0.0640. The Morgan fingerprint density at radius 2 is 0.784 bits per heavy atom. The first-order valence-electron chi connectivity index (χ1n) is 23.8. The lowest BCUT2D eigenvalue weighted by Crippen LogP contribution is -2.38. The summed E-state index contributed by atoms with van der Waals surface area (Å²) >= 11 is 0. The lowest BCUT2D eigenvalue weighted by molar-refractivity contribution is -0.247. The average Bonchev–Trinajstić information content (AvgIpc) is 3.14. The maximum absolute atomic E-state index is 9.54. The molecule has 0 aromatic rings. The van der Waals surface area contributed by atoms with Crippen molar-refractivity contribution < 1.29 is 14.6 Å². The van der Waals surface area contributed by atoms with Crippen LogP contribution < -0.4 is 0 Å². The summed E-state index contributed by atoms with van der Waals surface area (Å²) in [4.78, 5) is 2.65. The van der Waals surface area contributed by atoms with Gasteiger partial charge in [0.05, 0.1) is 12.2 Å². The van der Waals surface area contributed by atoms with E-state index in [1.54, 1.807) is 0 Å². The summed E-state index contributed by atoms with van der Waals surface area (Å²) in [6.07, 6.45) is 47.6. The Morgan fingerprint density at radius 1 is 0.431 bits per heavy atom. The van der Waals surface area contributed by atoms with E-state index >= 15 is 0 Å². The van der Waals surface area contributed by atoms with E-state index in [9.17, 15) is 5.11 Å². The van der Waals surface area contributed by atoms with E-state index in [2.05, 4.69) is 32.6 Å². The molecule has 2 unspecified atom stereocenters. The van der Waals surface area contributed by atoms with Gasteiger partial charge in [-0.3, -0.25) is 0 Å². The lowest BCUT2D eigenvalue weighted by atomic mass is 9.89. The number of aliphatic hydroxyl groups is 1. The second-order valence-corrected chi connectivity index (χ2v) is 16.8. The van der Waals surface area contributed by atoms with Crippen LogP contribution in [0.25, 0.3) is 0 Å². The van der Waals surface area contributed by atoms with Crippen LogP contribution in [0, 0.1) is 5.92 Å². The Hall–Kier alpha value is -0.160. The molecule has 4 nitrogen and oxygen atoms in total. The SMILES string of the molecule is CCCCCCCC(CCCCCCC)CCCCCN(CCCO)CCCCCCC1OC(CCCCCCC)CC(CCCCCCC)O1. The van der Waals surface area contributed by atoms with E-state index in [1.807, 2.05) is 0 Å². The molecule has 2 atom stereocenters. The van der Waals surface area contributed by atoms with Crippen LogP contribution in [0.1, 0.15) is 252 Å². The molecule has 1 saturated heterocycles. The molecule has 1 N–H and O–H groups in total. The molecular weight excluding hydrogens is 627 g/mol. The molecule has 1 rings (SSSR count). The molecule has 0 aromatic heterocycles. The van der Waals surface area contributed by atoms with E-state index in [0.29, 0.717) is 18.8 Å². The number of nitrogens with zero attached hydrogens (tertiary/aromatic N) is 1. The van der Waals surface area contributed by atoms with Crippen molar-refractivity contribution in [2.45, 2.75) is 271 Å². The number of hydrogen-bond acceptors (Lipinski definition) is 4. The topological polar surface area (TPSA) is 41.9 Å². The molecule has 4 heteroatoms. The molecule has 306 valence electrons. The molecule has 1 fully saturated rings. The van der Waals surface area contributed by atoms with Crippen LogP contribution in [-0.4, -0.2) is 54.7 Å². The minimum atomic E-state index is 0.0165. The van der Waals surface area contributed by atoms with Gasteiger partial charge in [-0.05, 0) is 70.4 Å². The molecule has 0 aliphatic carbocycles. The Kier molecular flexibility index (Phi) is 36.5. The Balaban J connectivity index is 2.35. The minimum absolute atomic E-state index is 0.0165. The molecule has 0 amide bonds. The molecule has 51 heavy (non-hydrogen) atoms. The monoisotopic (exact) mass is 722 g/mol. The summed E-state index contributed by atoms with van der Waals surface area (Å²) in [5.74, 6) is 0.964. The van der Waals surface area contributed by atoms with Crippen molar-refractivity contribution in [2.75, 3.05) is 26.2 Å². The number of unbranched alkanes of at least 4 members (excludes halogenated alkanes) is 21. The molecule has 1 aliphatic heterocycles. The molecule has 0 aromatic carbocycles. The maximum Gasteiger partial charge on any atom is 0.158 e. The fraction of sp³-hybridized carbons (Fsp3) is 1.00. The Labute approximate surface area is 321 Å². The Morgan fingerprint density at radius 3 is 1.22 bits per heavy atom. The highest BCUT2D eigenvalue weighted by Gasteiger charge is 2.29. The molecule has 0 bridgehead atoms. The van der Waals surface area contributed by atoms with Gasteiger partial charge >= 0.3 is 0 Å². The Bertz CT molecular complexity index is 638. The summed E-state index contributed by atoms with van der Waals surface area (Å²) in [6.45, 7) is 13.0. The van der Waals surface area contributed by atoms with Crippen LogP contribution in [0.3, 0.4) is 0 Å². The van der Waals surface area contributed by atoms with E-state index in [4.69, 9.17) is 9.47 Å². The van der Waals surface area contributed by atoms with Gasteiger partial charge in [-0.2, -0.15) is 0 Å². The van der Waals surface area contributed by atoms with Gasteiger partial charge in [0.1, 0.15) is 0 Å². The predicted molar refractivity (Wildman–Crippen MR) is 225 cm³/mol. The van der Waals surface area contributed by atoms with E-state index in [-0.39, 0.29) is 6.29 Å². The second-order valence-electron chi connectivity index (χ2n) is 16.8. The summed E-state index contributed by atoms with van der Waals surface area (Å²) in [5.41, 5.74) is 0. The van der Waals surface area contributed by atoms with Gasteiger partial charge in [0.25, 0.3) is 0 Å². The highest BCUT2D eigenvalue weighted by Crippen LogP contribution is 2.29. The van der Waals surface area contributed by atoms with Gasteiger partial charge in [-0.1, -0.05) is 201 Å². The number of rotatable bonds is 40. The summed E-state index contributed by atoms with van der Waals surface area (Å²) in [6, 6.07) is 0. The van der Waals surface area contributed by atoms with Gasteiger partial charge in [-0.15, -0.1) is 0 Å². The first-order valence-corrected chi connectivity index (χ1v) is 23.8. The largest absolute Gasteiger partial charge is 0.396 e. The van der Waals surface area contributed by atoms with E-state index in [0.717, 1.165) is 31.7 Å². The minimum Gasteiger partial charge on any atom is -0.396 e. The van der Waals surface area contributed by atoms with Crippen LogP contribution in [0.15, 0.2) is 0 Å². The maximum atomic E-state index is 9.54. The van der Waals surface area contributed by atoms with Crippen LogP contribution in [-0.2, 0) is 9.47 Å². The molecule has 0 saturated carbocycles. The summed E-state index contributed by atoms with van der Waals surface area (Å²) < 4.78 is 13.1. The third-order valence-corrected chi connectivity index (χ3v) is 11.8. The van der Waals surface area contributed by atoms with E-state index in [1.165, 1.54) is 219 Å². The molecule has 0 radical (unpaired) electrons. The van der Waals surface area contributed by atoms with Crippen molar-refractivity contribution in [3.8, 4) is 0 Å². The van der Waals surface area contributed by atoms with Crippen LogP contribution in [0.2, 0.25) is 0 Å². The van der Waals surface area contributed by atoms with Crippen molar-refractivity contribution >= 4 is 0 Å². The summed E-state index contributed by atoms with van der Waals surface area (Å²) in [7, 11) is 0. The highest BCUT2D eigenvalue weighted by molar-refractivity contribution is 4.74. The van der Waals surface area contributed by atoms with Crippen LogP contribution in [0.5, 0.6) is 0 Å². The molecular formula is C47H95NO3. The third kappa shape index (κ3) is 30.8. The third-order valence-electron chi connectivity index (χ3n) is 11.8. The van der Waals surface area contributed by atoms with Crippen molar-refractivity contribution in [3.05, 3.63) is 0 Å². The van der Waals surface area contributed by atoms with Crippen molar-refractivity contribution in [2.24, 2.45) is 5.92 Å². The molecule has 1 aliphatic rings. The van der Waals surface area contributed by atoms with Gasteiger partial charge in [0.2, 0.25) is 0 Å². The predicted octanol–water partition coefficient (Wildman–Crippen LogP) is 14.7. The number of aliphatic hydroxyl groups excluding tert-OH is 1. The second kappa shape index (κ2) is 38.1. The standard InChI is InChI=1S/C47H95NO3/c1-5-9-13-17-24-33-44(34-25-18-14-10-6-2)35-26-23-31-40-48(41-32-42-49)39-30-22-21-29-38-47-50-45(36-27-19-15-11-7-3)43-46(51-47)37-28-20-16-12-8-4/h44-47,49H,5-43H2,1-4H3. The molecule has 0 spiro atoms. The number of hydrogen-bond donors (Lipinski definition) is 1. The van der Waals surface area contributed by atoms with Crippen molar-refractivity contribution in [3.63, 3.8) is 0 Å². The fourth-order valence-corrected chi connectivity index (χ4v) is 8.41. The fourth-order valence-electron chi connectivity index (χ4n) is 8.41. The van der Waals surface area contributed by atoms with Gasteiger partial charge in [0.15, 0.2) is 6.29 Å². The van der Waals surface area contributed by atoms with Gasteiger partial charge < -0.3 is 19.5 Å². The van der Waals surface area contributed by atoms with Gasteiger partial charge in [0, 0.05) is 13.2 Å². The van der Waals surface area contributed by atoms with Crippen LogP contribution >= 0.6 is 0 Å². The van der Waals surface area contributed by atoms with Crippen LogP contribution in [0.4, 0.5) is 0 Å². The highest BCUT2D eigenvalue weighted by atomic mass is 16.7. The molecule has 1 heterocycles. The van der Waals surface area contributed by atoms with E-state index < -0.39 is 0 Å². The van der Waals surface area contributed by atoms with Crippen molar-refractivity contribution in [1.82, 2.24) is 4.90 Å². The number of ether oxygens (including phenoxy) is 2. The smallest absolute Gasteiger partial charge is 0.158 e. The first-order chi connectivity index (χ1) is 25.2. The average molecular weight is 722 g/mol.